The Morgan fingerprint density at radius 3 is 2.70 bits per heavy atom. The second-order valence-corrected chi connectivity index (χ2v) is 2.73. The topological polar surface area (TPSA) is 12.9 Å². The summed E-state index contributed by atoms with van der Waals surface area (Å²) in [6.45, 7) is 2.09. The van der Waals surface area contributed by atoms with Crippen molar-refractivity contribution < 1.29 is 0 Å². The predicted octanol–water partition coefficient (Wildman–Crippen LogP) is 2.83. The highest BCUT2D eigenvalue weighted by Gasteiger charge is 1.88. The lowest BCUT2D eigenvalue weighted by Gasteiger charge is -1.93. The smallest absolute Gasteiger partial charge is 0.0412 e. The summed E-state index contributed by atoms with van der Waals surface area (Å²) < 4.78 is 1.11. The number of hydrogen-bond acceptors (Lipinski definition) is 1. The molecule has 3 heteroatoms. The zero-order valence-electron chi connectivity index (χ0n) is 5.67. The minimum atomic E-state index is 0. The summed E-state index contributed by atoms with van der Waals surface area (Å²) in [6, 6.07) is 3.96. The molecule has 0 N–H and O–H groups in total. The van der Waals surface area contributed by atoms with Crippen LogP contribution in [0, 0.1) is 0 Å². The van der Waals surface area contributed by atoms with E-state index in [4.69, 9.17) is 0 Å². The van der Waals surface area contributed by atoms with E-state index in [0.29, 0.717) is 0 Å². The zero-order valence-corrected chi connectivity index (χ0v) is 8.08. The molecule has 0 bridgehead atoms. The van der Waals surface area contributed by atoms with Gasteiger partial charge in [0.15, 0.2) is 0 Å². The van der Waals surface area contributed by atoms with E-state index in [1.54, 1.807) is 0 Å². The highest BCUT2D eigenvalue weighted by molar-refractivity contribution is 9.10. The van der Waals surface area contributed by atoms with E-state index in [9.17, 15) is 0 Å². The van der Waals surface area contributed by atoms with Gasteiger partial charge in [-0.3, -0.25) is 4.98 Å². The van der Waals surface area contributed by atoms with Gasteiger partial charge in [0.05, 0.1) is 0 Å². The molecule has 0 saturated heterocycles. The van der Waals surface area contributed by atoms with E-state index >= 15 is 0 Å². The molecule has 1 aromatic heterocycles. The van der Waals surface area contributed by atoms with Gasteiger partial charge in [0.1, 0.15) is 0 Å². The number of nitrogens with zero attached hydrogens (tertiary/aromatic N) is 1. The van der Waals surface area contributed by atoms with Crippen molar-refractivity contribution in [1.29, 1.82) is 0 Å². The van der Waals surface area contributed by atoms with Crippen LogP contribution in [-0.4, -0.2) is 4.98 Å². The summed E-state index contributed by atoms with van der Waals surface area (Å²) in [5, 5.41) is 0. The van der Waals surface area contributed by atoms with Crippen LogP contribution in [0.4, 0.5) is 0 Å². The van der Waals surface area contributed by atoms with Crippen LogP contribution in [0.1, 0.15) is 12.6 Å². The van der Waals surface area contributed by atoms with Crippen molar-refractivity contribution in [3.8, 4) is 0 Å². The van der Waals surface area contributed by atoms with E-state index in [2.05, 4.69) is 27.8 Å². The van der Waals surface area contributed by atoms with Gasteiger partial charge in [-0.1, -0.05) is 22.9 Å². The standard InChI is InChI=1S/C7H8BrN.ClH/c1-2-7-5-6(8)3-4-9-7;/h3-5H,2H2,1H3;1H. The van der Waals surface area contributed by atoms with Gasteiger partial charge in [-0.25, -0.2) is 0 Å². The van der Waals surface area contributed by atoms with Crippen molar-refractivity contribution in [2.75, 3.05) is 0 Å². The van der Waals surface area contributed by atoms with Crippen LogP contribution in [0.2, 0.25) is 0 Å². The van der Waals surface area contributed by atoms with Crippen molar-refractivity contribution in [2.45, 2.75) is 13.3 Å². The van der Waals surface area contributed by atoms with Gasteiger partial charge in [-0.15, -0.1) is 12.4 Å². The van der Waals surface area contributed by atoms with Crippen molar-refractivity contribution in [3.05, 3.63) is 28.5 Å². The third-order valence-electron chi connectivity index (χ3n) is 1.14. The first-order valence-corrected chi connectivity index (χ1v) is 3.72. The Balaban J connectivity index is 0.000000810. The Morgan fingerprint density at radius 2 is 2.30 bits per heavy atom. The van der Waals surface area contributed by atoms with E-state index in [0.717, 1.165) is 16.6 Å². The molecule has 0 atom stereocenters. The minimum absolute atomic E-state index is 0. The van der Waals surface area contributed by atoms with Crippen molar-refractivity contribution >= 4 is 28.3 Å². The van der Waals surface area contributed by atoms with Crippen molar-refractivity contribution in [1.82, 2.24) is 4.98 Å². The van der Waals surface area contributed by atoms with Crippen LogP contribution in [0.25, 0.3) is 0 Å². The maximum Gasteiger partial charge on any atom is 0.0412 e. The molecule has 0 unspecified atom stereocenters. The normalized spacial score (nSPS) is 8.60. The van der Waals surface area contributed by atoms with Crippen LogP contribution in [0.3, 0.4) is 0 Å². The molecule has 1 heterocycles. The number of hydrogen-bond donors (Lipinski definition) is 0. The Kier molecular flexibility index (Phi) is 4.65. The fourth-order valence-electron chi connectivity index (χ4n) is 0.642. The number of pyridine rings is 1. The third-order valence-corrected chi connectivity index (χ3v) is 1.63. The molecule has 0 radical (unpaired) electrons. The van der Waals surface area contributed by atoms with E-state index in [1.807, 2.05) is 18.3 Å². The predicted molar refractivity (Wildman–Crippen MR) is 48.6 cm³/mol. The van der Waals surface area contributed by atoms with Crippen molar-refractivity contribution in [3.63, 3.8) is 0 Å². The van der Waals surface area contributed by atoms with Crippen molar-refractivity contribution in [2.24, 2.45) is 0 Å². The highest BCUT2D eigenvalue weighted by atomic mass is 79.9. The molecule has 0 amide bonds. The Morgan fingerprint density at radius 1 is 1.60 bits per heavy atom. The molecule has 10 heavy (non-hydrogen) atoms. The van der Waals surface area contributed by atoms with Gasteiger partial charge in [0.2, 0.25) is 0 Å². The molecular formula is C7H9BrClN. The molecule has 0 aliphatic carbocycles. The first kappa shape index (κ1) is 9.92. The van der Waals surface area contributed by atoms with E-state index in [1.165, 1.54) is 0 Å². The number of aromatic nitrogens is 1. The lowest BCUT2D eigenvalue weighted by molar-refractivity contribution is 1.03. The SMILES string of the molecule is CCc1cc(Br)ccn1.Cl. The lowest BCUT2D eigenvalue weighted by atomic mass is 10.3. The average Bonchev–Trinajstić information content (AvgIpc) is 1.88. The third kappa shape index (κ3) is 2.67. The molecule has 0 aliphatic heterocycles. The quantitative estimate of drug-likeness (QED) is 0.712. The summed E-state index contributed by atoms with van der Waals surface area (Å²) in [6.07, 6.45) is 2.81. The summed E-state index contributed by atoms with van der Waals surface area (Å²) in [4.78, 5) is 4.13. The fraction of sp³-hybridized carbons (Fsp3) is 0.286. The second kappa shape index (κ2) is 4.69. The molecule has 1 aromatic rings. The van der Waals surface area contributed by atoms with Gasteiger partial charge < -0.3 is 0 Å². The lowest BCUT2D eigenvalue weighted by Crippen LogP contribution is -1.83. The van der Waals surface area contributed by atoms with Gasteiger partial charge in [-0.2, -0.15) is 0 Å². The van der Waals surface area contributed by atoms with Gasteiger partial charge in [-0.05, 0) is 18.6 Å². The molecule has 0 saturated carbocycles. The zero-order chi connectivity index (χ0) is 6.69. The number of rotatable bonds is 1. The summed E-state index contributed by atoms with van der Waals surface area (Å²) in [5.41, 5.74) is 1.13. The summed E-state index contributed by atoms with van der Waals surface area (Å²) in [5.74, 6) is 0. The Hall–Kier alpha value is -0.0800. The average molecular weight is 223 g/mol. The first-order chi connectivity index (χ1) is 4.33. The van der Waals surface area contributed by atoms with Crippen LogP contribution in [-0.2, 0) is 6.42 Å². The Bertz CT molecular complexity index is 203. The maximum absolute atomic E-state index is 4.13. The fourth-order valence-corrected chi connectivity index (χ4v) is 1.02. The molecule has 56 valence electrons. The summed E-state index contributed by atoms with van der Waals surface area (Å²) >= 11 is 3.36. The van der Waals surface area contributed by atoms with Gasteiger partial charge in [0, 0.05) is 16.4 Å². The van der Waals surface area contributed by atoms with Crippen LogP contribution in [0.15, 0.2) is 22.8 Å². The van der Waals surface area contributed by atoms with E-state index < -0.39 is 0 Å². The monoisotopic (exact) mass is 221 g/mol. The second-order valence-electron chi connectivity index (χ2n) is 1.82. The van der Waals surface area contributed by atoms with Crippen LogP contribution >= 0.6 is 28.3 Å². The van der Waals surface area contributed by atoms with E-state index in [-0.39, 0.29) is 12.4 Å². The number of aryl methyl sites for hydroxylation is 1. The first-order valence-electron chi connectivity index (χ1n) is 2.93. The Labute approximate surface area is 75.4 Å². The minimum Gasteiger partial charge on any atom is -0.261 e. The largest absolute Gasteiger partial charge is 0.261 e. The van der Waals surface area contributed by atoms with Gasteiger partial charge >= 0.3 is 0 Å². The molecular weight excluding hydrogens is 213 g/mol. The molecule has 0 aromatic carbocycles. The molecule has 1 rings (SSSR count). The molecule has 1 nitrogen and oxygen atoms in total. The summed E-state index contributed by atoms with van der Waals surface area (Å²) in [7, 11) is 0. The van der Waals surface area contributed by atoms with Gasteiger partial charge in [0.25, 0.3) is 0 Å². The molecule has 0 spiro atoms. The molecule has 0 aliphatic rings. The number of halogens is 2. The van der Waals surface area contributed by atoms with Crippen LogP contribution in [0.5, 0.6) is 0 Å². The van der Waals surface area contributed by atoms with Crippen LogP contribution < -0.4 is 0 Å². The molecule has 0 fully saturated rings. The highest BCUT2D eigenvalue weighted by Crippen LogP contribution is 2.08. The maximum atomic E-state index is 4.13.